The summed E-state index contributed by atoms with van der Waals surface area (Å²) in [5.74, 6) is -0.0165. The lowest BCUT2D eigenvalue weighted by Gasteiger charge is -2.14. The minimum absolute atomic E-state index is 0.292. The van der Waals surface area contributed by atoms with Gasteiger partial charge in [-0.2, -0.15) is 0 Å². The molecular weight excluding hydrogens is 425 g/mol. The first-order valence-corrected chi connectivity index (χ1v) is 10.3. The van der Waals surface area contributed by atoms with Crippen LogP contribution >= 0.6 is 23.2 Å². The Morgan fingerprint density at radius 1 is 1.30 bits per heavy atom. The highest BCUT2D eigenvalue weighted by atomic mass is 35.5. The molecule has 1 aliphatic rings. The second-order valence-corrected chi connectivity index (χ2v) is 8.05. The largest absolute Gasteiger partial charge is 0.391 e. The number of hydrogen-bond donors (Lipinski definition) is 1. The van der Waals surface area contributed by atoms with Crippen molar-refractivity contribution in [3.63, 3.8) is 0 Å². The molecule has 0 radical (unpaired) electrons. The molecule has 8 heteroatoms. The molecule has 0 saturated heterocycles. The number of amides is 1. The Morgan fingerprint density at radius 2 is 2.07 bits per heavy atom. The van der Waals surface area contributed by atoms with Gasteiger partial charge in [0.25, 0.3) is 5.91 Å². The number of oxime groups is 2. The van der Waals surface area contributed by atoms with E-state index in [0.29, 0.717) is 28.5 Å². The predicted molar refractivity (Wildman–Crippen MR) is 119 cm³/mol. The molecule has 0 aromatic heterocycles. The monoisotopic (exact) mass is 447 g/mol. The van der Waals surface area contributed by atoms with Gasteiger partial charge in [0.1, 0.15) is 18.9 Å². The summed E-state index contributed by atoms with van der Waals surface area (Å²) in [6.45, 7) is 4.08. The molecular formula is C22H23Cl2N3O3. The molecule has 3 rings (SSSR count). The van der Waals surface area contributed by atoms with E-state index >= 15 is 0 Å². The first kappa shape index (κ1) is 22.1. The third kappa shape index (κ3) is 5.74. The number of primary amides is 1. The molecule has 2 aromatic rings. The average Bonchev–Trinajstić information content (AvgIpc) is 3.48. The normalized spacial score (nSPS) is 19.5. The number of carbonyl (C=O) groups is 1. The van der Waals surface area contributed by atoms with Gasteiger partial charge in [0.05, 0.1) is 5.71 Å². The van der Waals surface area contributed by atoms with Crippen LogP contribution in [0.5, 0.6) is 0 Å². The first-order valence-electron chi connectivity index (χ1n) is 9.54. The van der Waals surface area contributed by atoms with Crippen molar-refractivity contribution in [2.75, 3.05) is 0 Å². The highest BCUT2D eigenvalue weighted by molar-refractivity contribution is 6.35. The van der Waals surface area contributed by atoms with Crippen molar-refractivity contribution in [3.8, 4) is 0 Å². The Bertz CT molecular complexity index is 978. The molecule has 1 saturated carbocycles. The molecule has 3 atom stereocenters. The van der Waals surface area contributed by atoms with E-state index in [1.54, 1.807) is 6.07 Å². The van der Waals surface area contributed by atoms with Crippen LogP contribution in [0.3, 0.4) is 0 Å². The van der Waals surface area contributed by atoms with Crippen LogP contribution in [0.2, 0.25) is 10.0 Å². The van der Waals surface area contributed by atoms with Gasteiger partial charge in [-0.25, -0.2) is 0 Å². The fourth-order valence-electron chi connectivity index (χ4n) is 3.37. The summed E-state index contributed by atoms with van der Waals surface area (Å²) in [6.07, 6.45) is 1.55. The van der Waals surface area contributed by atoms with Gasteiger partial charge < -0.3 is 15.4 Å². The molecule has 0 aliphatic heterocycles. The predicted octanol–water partition coefficient (Wildman–Crippen LogP) is 5.24. The van der Waals surface area contributed by atoms with Crippen LogP contribution in [0.4, 0.5) is 0 Å². The van der Waals surface area contributed by atoms with Crippen LogP contribution in [0.1, 0.15) is 49.0 Å². The average molecular weight is 448 g/mol. The summed E-state index contributed by atoms with van der Waals surface area (Å²) in [4.78, 5) is 21.7. The van der Waals surface area contributed by atoms with Crippen LogP contribution in [-0.2, 0) is 21.1 Å². The summed E-state index contributed by atoms with van der Waals surface area (Å²) < 4.78 is 0. The van der Waals surface area contributed by atoms with Gasteiger partial charge in [-0.1, -0.05) is 63.8 Å². The smallest absolute Gasteiger partial charge is 0.263 e. The van der Waals surface area contributed by atoms with E-state index in [9.17, 15) is 4.79 Å². The molecule has 0 bridgehead atoms. The highest BCUT2D eigenvalue weighted by Crippen LogP contribution is 2.50. The van der Waals surface area contributed by atoms with E-state index in [-0.39, 0.29) is 6.10 Å². The van der Waals surface area contributed by atoms with Crippen molar-refractivity contribution in [2.24, 2.45) is 22.0 Å². The molecule has 158 valence electrons. The molecule has 2 N–H and O–H groups in total. The van der Waals surface area contributed by atoms with Crippen molar-refractivity contribution in [3.05, 3.63) is 69.2 Å². The van der Waals surface area contributed by atoms with E-state index < -0.39 is 5.91 Å². The number of hydrogen-bond acceptors (Lipinski definition) is 5. The van der Waals surface area contributed by atoms with E-state index in [4.69, 9.17) is 38.6 Å². The lowest BCUT2D eigenvalue weighted by Crippen LogP contribution is -2.12. The Hall–Kier alpha value is -2.57. The molecule has 1 fully saturated rings. The van der Waals surface area contributed by atoms with Gasteiger partial charge in [-0.3, -0.25) is 4.79 Å². The molecule has 0 heterocycles. The maximum Gasteiger partial charge on any atom is 0.263 e. The molecule has 0 spiro atoms. The lowest BCUT2D eigenvalue weighted by molar-refractivity contribution is -0.111. The first-order chi connectivity index (χ1) is 14.4. The second-order valence-electron chi connectivity index (χ2n) is 7.20. The minimum atomic E-state index is -0.665. The molecule has 6 nitrogen and oxygen atoms in total. The molecule has 2 aromatic carbocycles. The number of halogens is 2. The minimum Gasteiger partial charge on any atom is -0.391 e. The topological polar surface area (TPSA) is 86.3 Å². The van der Waals surface area contributed by atoms with Gasteiger partial charge in [-0.05, 0) is 49.4 Å². The van der Waals surface area contributed by atoms with E-state index in [1.807, 2.05) is 50.2 Å². The Balaban J connectivity index is 1.58. The number of rotatable bonds is 9. The van der Waals surface area contributed by atoms with Gasteiger partial charge in [0, 0.05) is 21.5 Å². The summed E-state index contributed by atoms with van der Waals surface area (Å²) in [5, 5.41) is 9.21. The van der Waals surface area contributed by atoms with Crippen molar-refractivity contribution >= 4 is 41.0 Å². The maximum absolute atomic E-state index is 10.7. The Kier molecular flexibility index (Phi) is 7.34. The molecule has 1 amide bonds. The molecule has 1 aliphatic carbocycles. The summed E-state index contributed by atoms with van der Waals surface area (Å²) in [6, 6.07) is 13.3. The van der Waals surface area contributed by atoms with Crippen molar-refractivity contribution < 1.29 is 14.5 Å². The zero-order chi connectivity index (χ0) is 21.7. The van der Waals surface area contributed by atoms with Crippen LogP contribution < -0.4 is 5.73 Å². The molecule has 30 heavy (non-hydrogen) atoms. The second kappa shape index (κ2) is 9.96. The maximum atomic E-state index is 10.7. The van der Waals surface area contributed by atoms with Gasteiger partial charge in [0.2, 0.25) is 0 Å². The zero-order valence-corrected chi connectivity index (χ0v) is 18.2. The van der Waals surface area contributed by atoms with Gasteiger partial charge >= 0.3 is 0 Å². The van der Waals surface area contributed by atoms with Crippen LogP contribution in [-0.4, -0.2) is 17.8 Å². The van der Waals surface area contributed by atoms with Gasteiger partial charge in [-0.15, -0.1) is 0 Å². The summed E-state index contributed by atoms with van der Waals surface area (Å²) in [7, 11) is 0. The highest BCUT2D eigenvalue weighted by Gasteiger charge is 2.41. The van der Waals surface area contributed by atoms with E-state index in [2.05, 4.69) is 10.3 Å². The van der Waals surface area contributed by atoms with E-state index in [0.717, 1.165) is 35.0 Å². The van der Waals surface area contributed by atoms with Crippen molar-refractivity contribution in [1.29, 1.82) is 0 Å². The standard InChI is InChI=1S/C22H23Cl2N3O3/c1-13(19-10-20(19)18-8-7-16(23)9-21(18)24)27-29-12-15-5-3-4-6-17(15)14(2)30-26-11-22(25)28/h3-9,11,14,19-20H,10,12H2,1-2H3,(H2,25,28)/b26-11+,27-13+. The fourth-order valence-corrected chi connectivity index (χ4v) is 3.92. The number of carbonyl (C=O) groups excluding carboxylic acids is 1. The third-order valence-electron chi connectivity index (χ3n) is 5.01. The lowest BCUT2D eigenvalue weighted by atomic mass is 10.0. The van der Waals surface area contributed by atoms with Crippen molar-refractivity contribution in [1.82, 2.24) is 0 Å². The number of nitrogens with two attached hydrogens (primary N) is 1. The van der Waals surface area contributed by atoms with Gasteiger partial charge in [0.15, 0.2) is 0 Å². The van der Waals surface area contributed by atoms with Crippen molar-refractivity contribution in [2.45, 2.75) is 38.9 Å². The number of nitrogens with zero attached hydrogens (tertiary/aromatic N) is 2. The fraction of sp³-hybridized carbons (Fsp3) is 0.318. The van der Waals surface area contributed by atoms with E-state index in [1.165, 1.54) is 0 Å². The Labute approximate surface area is 185 Å². The third-order valence-corrected chi connectivity index (χ3v) is 5.57. The number of benzene rings is 2. The van der Waals surface area contributed by atoms with Crippen LogP contribution in [0.15, 0.2) is 52.8 Å². The summed E-state index contributed by atoms with van der Waals surface area (Å²) >= 11 is 12.3. The van der Waals surface area contributed by atoms with Crippen LogP contribution in [0.25, 0.3) is 0 Å². The zero-order valence-electron chi connectivity index (χ0n) is 16.7. The SMILES string of the molecule is C/C(=N\OCc1ccccc1C(C)O/N=C/C(N)=O)C1CC1c1ccc(Cl)cc1Cl. The summed E-state index contributed by atoms with van der Waals surface area (Å²) in [5.41, 5.74) is 8.85. The quantitative estimate of drug-likeness (QED) is 0.421. The Morgan fingerprint density at radius 3 is 2.80 bits per heavy atom. The molecule has 3 unspecified atom stereocenters. The van der Waals surface area contributed by atoms with Crippen LogP contribution in [0, 0.1) is 5.92 Å².